The number of fused-ring (bicyclic) bond motifs is 1. The van der Waals surface area contributed by atoms with E-state index in [1.54, 1.807) is 0 Å². The number of amides is 1. The molecule has 0 spiro atoms. The maximum absolute atomic E-state index is 13.3. The Morgan fingerprint density at radius 3 is 1.94 bits per heavy atom. The molecule has 0 radical (unpaired) electrons. The van der Waals surface area contributed by atoms with Crippen LogP contribution >= 0.6 is 0 Å². The average molecular weight is 404 g/mol. The summed E-state index contributed by atoms with van der Waals surface area (Å²) in [4.78, 5) is 17.9. The van der Waals surface area contributed by atoms with Crippen LogP contribution in [-0.4, -0.2) is 10.9 Å². The van der Waals surface area contributed by atoms with Gasteiger partial charge in [-0.15, -0.1) is 0 Å². The smallest absolute Gasteiger partial charge is 0.236 e. The van der Waals surface area contributed by atoms with Crippen molar-refractivity contribution in [2.75, 3.05) is 5.32 Å². The van der Waals surface area contributed by atoms with Gasteiger partial charge in [-0.3, -0.25) is 4.79 Å². The monoisotopic (exact) mass is 404 g/mol. The number of anilines is 1. The van der Waals surface area contributed by atoms with Gasteiger partial charge >= 0.3 is 0 Å². The molecule has 1 amide bonds. The van der Waals surface area contributed by atoms with Crippen LogP contribution in [-0.2, 0) is 4.79 Å². The normalized spacial score (nSPS) is 11.0. The number of nitrogens with one attached hydrogen (secondary N) is 1. The van der Waals surface area contributed by atoms with Crippen LogP contribution in [0.4, 0.5) is 5.69 Å². The molecule has 31 heavy (non-hydrogen) atoms. The molecule has 5 aromatic rings. The molecule has 0 saturated carbocycles. The lowest BCUT2D eigenvalue weighted by molar-refractivity contribution is -0.116. The second kappa shape index (κ2) is 8.28. The first kappa shape index (κ1) is 18.8. The Morgan fingerprint density at radius 1 is 0.742 bits per heavy atom. The maximum atomic E-state index is 13.3. The van der Waals surface area contributed by atoms with Crippen molar-refractivity contribution in [3.8, 4) is 11.5 Å². The lowest BCUT2D eigenvalue weighted by atomic mass is 9.90. The fourth-order valence-corrected chi connectivity index (χ4v) is 3.71. The van der Waals surface area contributed by atoms with Crippen molar-refractivity contribution < 1.29 is 9.21 Å². The van der Waals surface area contributed by atoms with Crippen molar-refractivity contribution in [2.45, 2.75) is 5.92 Å². The third-order valence-corrected chi connectivity index (χ3v) is 5.20. The van der Waals surface area contributed by atoms with E-state index >= 15 is 0 Å². The highest BCUT2D eigenvalue weighted by Crippen LogP contribution is 2.29. The number of carbonyl (C=O) groups excluding carboxylic acids is 1. The van der Waals surface area contributed by atoms with Crippen LogP contribution < -0.4 is 5.32 Å². The number of carbonyl (C=O) groups is 1. The molecular formula is C27H20N2O2. The van der Waals surface area contributed by atoms with Gasteiger partial charge in [0.15, 0.2) is 5.58 Å². The molecule has 1 aromatic heterocycles. The minimum Gasteiger partial charge on any atom is -0.436 e. The Kier molecular flexibility index (Phi) is 5.03. The maximum Gasteiger partial charge on any atom is 0.236 e. The lowest BCUT2D eigenvalue weighted by Crippen LogP contribution is -2.22. The number of nitrogens with zero attached hydrogens (tertiary/aromatic N) is 1. The summed E-state index contributed by atoms with van der Waals surface area (Å²) < 4.78 is 5.88. The first-order valence-corrected chi connectivity index (χ1v) is 10.1. The molecule has 4 heteroatoms. The van der Waals surface area contributed by atoms with Gasteiger partial charge in [-0.05, 0) is 41.5 Å². The predicted molar refractivity (Wildman–Crippen MR) is 123 cm³/mol. The molecule has 0 aliphatic heterocycles. The number of hydrogen-bond acceptors (Lipinski definition) is 3. The van der Waals surface area contributed by atoms with Gasteiger partial charge in [-0.1, -0.05) is 78.9 Å². The standard InChI is InChI=1S/C27H20N2O2/c30-26(25(19-10-4-1-5-11-19)20-12-6-2-7-13-20)28-22-16-17-24-23(18-22)29-27(31-24)21-14-8-3-9-15-21/h1-18,25H,(H,28,30). The van der Waals surface area contributed by atoms with Crippen LogP contribution in [0.2, 0.25) is 0 Å². The molecular weight excluding hydrogens is 384 g/mol. The summed E-state index contributed by atoms with van der Waals surface area (Å²) in [6.07, 6.45) is 0. The summed E-state index contributed by atoms with van der Waals surface area (Å²) in [5, 5.41) is 3.06. The number of oxazole rings is 1. The van der Waals surface area contributed by atoms with Crippen molar-refractivity contribution in [3.05, 3.63) is 120 Å². The van der Waals surface area contributed by atoms with Crippen LogP contribution in [0.1, 0.15) is 17.0 Å². The second-order valence-electron chi connectivity index (χ2n) is 7.31. The van der Waals surface area contributed by atoms with Crippen molar-refractivity contribution in [1.82, 2.24) is 4.98 Å². The van der Waals surface area contributed by atoms with Crippen LogP contribution in [0.5, 0.6) is 0 Å². The van der Waals surface area contributed by atoms with Crippen LogP contribution in [0, 0.1) is 0 Å². The summed E-state index contributed by atoms with van der Waals surface area (Å²) in [6.45, 7) is 0. The Balaban J connectivity index is 1.45. The molecule has 4 aromatic carbocycles. The third kappa shape index (κ3) is 3.96. The Morgan fingerprint density at radius 2 is 1.32 bits per heavy atom. The molecule has 150 valence electrons. The van der Waals surface area contributed by atoms with E-state index in [9.17, 15) is 4.79 Å². The van der Waals surface area contributed by atoms with E-state index in [1.165, 1.54) is 0 Å². The van der Waals surface area contributed by atoms with Crippen molar-refractivity contribution in [3.63, 3.8) is 0 Å². The average Bonchev–Trinajstić information content (AvgIpc) is 3.25. The van der Waals surface area contributed by atoms with E-state index in [1.807, 2.05) is 109 Å². The fraction of sp³-hybridized carbons (Fsp3) is 0.0370. The van der Waals surface area contributed by atoms with Crippen molar-refractivity contribution in [2.24, 2.45) is 0 Å². The third-order valence-electron chi connectivity index (χ3n) is 5.20. The van der Waals surface area contributed by atoms with Crippen molar-refractivity contribution in [1.29, 1.82) is 0 Å². The summed E-state index contributed by atoms with van der Waals surface area (Å²) in [5.41, 5.74) is 4.87. The molecule has 1 N–H and O–H groups in total. The first-order chi connectivity index (χ1) is 15.3. The molecule has 0 saturated heterocycles. The number of hydrogen-bond donors (Lipinski definition) is 1. The highest BCUT2D eigenvalue weighted by atomic mass is 16.3. The van der Waals surface area contributed by atoms with Crippen LogP contribution in [0.25, 0.3) is 22.6 Å². The van der Waals surface area contributed by atoms with E-state index in [0.717, 1.165) is 16.7 Å². The summed E-state index contributed by atoms with van der Waals surface area (Å²) >= 11 is 0. The van der Waals surface area contributed by atoms with E-state index in [2.05, 4.69) is 10.3 Å². The predicted octanol–water partition coefficient (Wildman–Crippen LogP) is 6.27. The van der Waals surface area contributed by atoms with Gasteiger partial charge in [0.2, 0.25) is 11.8 Å². The van der Waals surface area contributed by atoms with Crippen molar-refractivity contribution >= 4 is 22.7 Å². The zero-order chi connectivity index (χ0) is 21.0. The molecule has 4 nitrogen and oxygen atoms in total. The quantitative estimate of drug-likeness (QED) is 0.376. The van der Waals surface area contributed by atoms with E-state index in [0.29, 0.717) is 22.7 Å². The van der Waals surface area contributed by atoms with Gasteiger partial charge in [0.1, 0.15) is 5.52 Å². The largest absolute Gasteiger partial charge is 0.436 e. The van der Waals surface area contributed by atoms with Gasteiger partial charge in [-0.25, -0.2) is 4.98 Å². The minimum absolute atomic E-state index is 0.0940. The van der Waals surface area contributed by atoms with Crippen LogP contribution in [0.3, 0.4) is 0 Å². The molecule has 5 rings (SSSR count). The number of rotatable bonds is 5. The van der Waals surface area contributed by atoms with Gasteiger partial charge in [0.05, 0.1) is 5.92 Å². The Bertz CT molecular complexity index is 1270. The Labute approximate surface area is 180 Å². The van der Waals surface area contributed by atoms with Gasteiger partial charge in [-0.2, -0.15) is 0 Å². The second-order valence-corrected chi connectivity index (χ2v) is 7.31. The molecule has 0 unspecified atom stereocenters. The van der Waals surface area contributed by atoms with Gasteiger partial charge in [0, 0.05) is 11.3 Å². The number of aromatic nitrogens is 1. The molecule has 0 atom stereocenters. The molecule has 0 aliphatic carbocycles. The van der Waals surface area contributed by atoms with Gasteiger partial charge in [0.25, 0.3) is 0 Å². The lowest BCUT2D eigenvalue weighted by Gasteiger charge is -2.18. The molecule has 1 heterocycles. The summed E-state index contributed by atoms with van der Waals surface area (Å²) in [6, 6.07) is 34.9. The zero-order valence-corrected chi connectivity index (χ0v) is 16.7. The van der Waals surface area contributed by atoms with E-state index in [4.69, 9.17) is 4.42 Å². The molecule has 0 bridgehead atoms. The van der Waals surface area contributed by atoms with Gasteiger partial charge < -0.3 is 9.73 Å². The number of benzene rings is 4. The fourth-order valence-electron chi connectivity index (χ4n) is 3.71. The Hall–Kier alpha value is -4.18. The summed E-state index contributed by atoms with van der Waals surface area (Å²) in [5.74, 6) is 0.0596. The zero-order valence-electron chi connectivity index (χ0n) is 16.7. The first-order valence-electron chi connectivity index (χ1n) is 10.1. The molecule has 0 aliphatic rings. The van der Waals surface area contributed by atoms with Crippen LogP contribution in [0.15, 0.2) is 114 Å². The highest BCUT2D eigenvalue weighted by molar-refractivity contribution is 5.99. The summed E-state index contributed by atoms with van der Waals surface area (Å²) in [7, 11) is 0. The molecule has 0 fully saturated rings. The highest BCUT2D eigenvalue weighted by Gasteiger charge is 2.23. The topological polar surface area (TPSA) is 55.1 Å². The van der Waals surface area contributed by atoms with E-state index < -0.39 is 5.92 Å². The minimum atomic E-state index is -0.407. The SMILES string of the molecule is O=C(Nc1ccc2oc(-c3ccccc3)nc2c1)C(c1ccccc1)c1ccccc1. The van der Waals surface area contributed by atoms with E-state index in [-0.39, 0.29) is 5.91 Å².